The third kappa shape index (κ3) is 2.30. The average Bonchev–Trinajstić information content (AvgIpc) is 2.89. The molecule has 0 fully saturated rings. The Morgan fingerprint density at radius 3 is 2.70 bits per heavy atom. The molecule has 2 aromatic rings. The van der Waals surface area contributed by atoms with E-state index in [-0.39, 0.29) is 24.3 Å². The maximum absolute atomic E-state index is 9.84. The van der Waals surface area contributed by atoms with Crippen LogP contribution in [-0.4, -0.2) is 17.0 Å². The summed E-state index contributed by atoms with van der Waals surface area (Å²) in [6.45, 7) is 2.14. The summed E-state index contributed by atoms with van der Waals surface area (Å²) in [5, 5.41) is 22.6. The molecule has 5 nitrogen and oxygen atoms in total. The van der Waals surface area contributed by atoms with Crippen LogP contribution in [0.1, 0.15) is 18.5 Å². The Morgan fingerprint density at radius 2 is 1.85 bits per heavy atom. The van der Waals surface area contributed by atoms with Crippen LogP contribution in [0.4, 0.5) is 5.69 Å². The second-order valence-electron chi connectivity index (χ2n) is 4.68. The van der Waals surface area contributed by atoms with Crippen molar-refractivity contribution >= 4 is 5.69 Å². The van der Waals surface area contributed by atoms with E-state index in [0.29, 0.717) is 11.3 Å². The monoisotopic (exact) mass is 273 g/mol. The predicted octanol–water partition coefficient (Wildman–Crippen LogP) is 3.00. The fourth-order valence-corrected chi connectivity index (χ4v) is 2.20. The topological polar surface area (TPSA) is 71.0 Å². The molecule has 1 atom stereocenters. The Labute approximate surface area is 116 Å². The highest BCUT2D eigenvalue weighted by molar-refractivity contribution is 5.57. The summed E-state index contributed by atoms with van der Waals surface area (Å²) in [4.78, 5) is 0. The minimum atomic E-state index is -0.164. The highest BCUT2D eigenvalue weighted by Gasteiger charge is 2.15. The molecule has 3 rings (SSSR count). The molecule has 0 amide bonds. The van der Waals surface area contributed by atoms with Crippen molar-refractivity contribution in [3.8, 4) is 23.0 Å². The van der Waals surface area contributed by atoms with Crippen LogP contribution in [0, 0.1) is 0 Å². The largest absolute Gasteiger partial charge is 0.508 e. The lowest BCUT2D eigenvalue weighted by Gasteiger charge is -2.17. The van der Waals surface area contributed by atoms with Crippen LogP contribution in [0.2, 0.25) is 0 Å². The molecule has 0 saturated heterocycles. The maximum atomic E-state index is 9.84. The second-order valence-corrected chi connectivity index (χ2v) is 4.68. The van der Waals surface area contributed by atoms with Crippen LogP contribution in [0.25, 0.3) is 0 Å². The van der Waals surface area contributed by atoms with Crippen molar-refractivity contribution in [3.63, 3.8) is 0 Å². The number of hydrogen-bond donors (Lipinski definition) is 3. The van der Waals surface area contributed by atoms with Gasteiger partial charge in [-0.2, -0.15) is 0 Å². The summed E-state index contributed by atoms with van der Waals surface area (Å²) >= 11 is 0. The summed E-state index contributed by atoms with van der Waals surface area (Å²) < 4.78 is 10.6. The van der Waals surface area contributed by atoms with Crippen molar-refractivity contribution in [1.82, 2.24) is 0 Å². The molecule has 3 N–H and O–H groups in total. The molecule has 1 aliphatic heterocycles. The van der Waals surface area contributed by atoms with E-state index in [2.05, 4.69) is 5.32 Å². The summed E-state index contributed by atoms with van der Waals surface area (Å²) in [5.74, 6) is 1.69. The molecule has 0 bridgehead atoms. The molecule has 0 aliphatic carbocycles. The molecule has 1 heterocycles. The number of phenolic OH excluding ortho intramolecular Hbond substituents is 2. The van der Waals surface area contributed by atoms with Gasteiger partial charge in [0.1, 0.15) is 11.5 Å². The lowest BCUT2D eigenvalue weighted by atomic mass is 10.1. The van der Waals surface area contributed by atoms with E-state index < -0.39 is 0 Å². The minimum Gasteiger partial charge on any atom is -0.508 e. The zero-order valence-electron chi connectivity index (χ0n) is 11.0. The van der Waals surface area contributed by atoms with Crippen molar-refractivity contribution in [2.75, 3.05) is 12.1 Å². The fraction of sp³-hybridized carbons (Fsp3) is 0.200. The molecule has 0 saturated carbocycles. The lowest BCUT2D eigenvalue weighted by Crippen LogP contribution is -2.06. The lowest BCUT2D eigenvalue weighted by molar-refractivity contribution is 0.174. The third-order valence-electron chi connectivity index (χ3n) is 3.23. The number of hydrogen-bond acceptors (Lipinski definition) is 5. The molecule has 0 spiro atoms. The molecule has 1 aliphatic rings. The van der Waals surface area contributed by atoms with Crippen LogP contribution in [0.5, 0.6) is 23.0 Å². The Morgan fingerprint density at radius 1 is 1.05 bits per heavy atom. The van der Waals surface area contributed by atoms with Gasteiger partial charge in [-0.15, -0.1) is 0 Å². The number of anilines is 1. The van der Waals surface area contributed by atoms with Gasteiger partial charge in [-0.25, -0.2) is 0 Å². The van der Waals surface area contributed by atoms with E-state index in [1.165, 1.54) is 12.1 Å². The van der Waals surface area contributed by atoms with Gasteiger partial charge in [0.2, 0.25) is 6.79 Å². The van der Waals surface area contributed by atoms with Crippen molar-refractivity contribution in [3.05, 3.63) is 42.0 Å². The molecular weight excluding hydrogens is 258 g/mol. The molecule has 104 valence electrons. The van der Waals surface area contributed by atoms with Gasteiger partial charge < -0.3 is 25.0 Å². The Kier molecular flexibility index (Phi) is 3.02. The fourth-order valence-electron chi connectivity index (χ4n) is 2.20. The Balaban J connectivity index is 1.82. The summed E-state index contributed by atoms with van der Waals surface area (Å²) in [6.07, 6.45) is 0. The number of rotatable bonds is 3. The smallest absolute Gasteiger partial charge is 0.231 e. The second kappa shape index (κ2) is 4.85. The number of ether oxygens (including phenoxy) is 2. The van der Waals surface area contributed by atoms with Crippen LogP contribution >= 0.6 is 0 Å². The van der Waals surface area contributed by atoms with Gasteiger partial charge in [0.25, 0.3) is 0 Å². The SMILES string of the molecule is CC(Nc1ccc2c(c1)OCO2)c1cc(O)ccc1O. The van der Waals surface area contributed by atoms with Crippen molar-refractivity contribution < 1.29 is 19.7 Å². The van der Waals surface area contributed by atoms with Gasteiger partial charge >= 0.3 is 0 Å². The molecule has 5 heteroatoms. The first-order valence-corrected chi connectivity index (χ1v) is 6.31. The first-order valence-electron chi connectivity index (χ1n) is 6.31. The minimum absolute atomic E-state index is 0.122. The van der Waals surface area contributed by atoms with Crippen LogP contribution < -0.4 is 14.8 Å². The summed E-state index contributed by atoms with van der Waals surface area (Å²) in [6, 6.07) is 9.86. The third-order valence-corrected chi connectivity index (χ3v) is 3.23. The van der Waals surface area contributed by atoms with E-state index in [9.17, 15) is 10.2 Å². The first kappa shape index (κ1) is 12.5. The van der Waals surface area contributed by atoms with E-state index in [0.717, 1.165) is 11.4 Å². The van der Waals surface area contributed by atoms with Gasteiger partial charge in [-0.3, -0.25) is 0 Å². The molecule has 20 heavy (non-hydrogen) atoms. The summed E-state index contributed by atoms with van der Waals surface area (Å²) in [5.41, 5.74) is 1.48. The first-order chi connectivity index (χ1) is 9.63. The zero-order chi connectivity index (χ0) is 14.1. The highest BCUT2D eigenvalue weighted by atomic mass is 16.7. The number of benzene rings is 2. The molecule has 2 aromatic carbocycles. The van der Waals surface area contributed by atoms with Crippen molar-refractivity contribution in [1.29, 1.82) is 0 Å². The van der Waals surface area contributed by atoms with Crippen LogP contribution in [0.3, 0.4) is 0 Å². The van der Waals surface area contributed by atoms with E-state index in [1.54, 1.807) is 6.07 Å². The standard InChI is InChI=1S/C15H15NO4/c1-9(12-7-11(17)3-4-13(12)18)16-10-2-5-14-15(6-10)20-8-19-14/h2-7,9,16-18H,8H2,1H3. The Bertz CT molecular complexity index is 642. The quantitative estimate of drug-likeness (QED) is 0.750. The number of phenols is 2. The van der Waals surface area contributed by atoms with Crippen LogP contribution in [-0.2, 0) is 0 Å². The van der Waals surface area contributed by atoms with E-state index in [4.69, 9.17) is 9.47 Å². The summed E-state index contributed by atoms with van der Waals surface area (Å²) in [7, 11) is 0. The molecule has 0 radical (unpaired) electrons. The maximum Gasteiger partial charge on any atom is 0.231 e. The predicted molar refractivity (Wildman–Crippen MR) is 74.4 cm³/mol. The van der Waals surface area contributed by atoms with Gasteiger partial charge in [0, 0.05) is 17.3 Å². The van der Waals surface area contributed by atoms with Gasteiger partial charge in [0.15, 0.2) is 11.5 Å². The van der Waals surface area contributed by atoms with E-state index in [1.807, 2.05) is 25.1 Å². The molecular formula is C15H15NO4. The molecule has 0 aromatic heterocycles. The normalized spacial score (nSPS) is 14.1. The zero-order valence-corrected chi connectivity index (χ0v) is 11.0. The van der Waals surface area contributed by atoms with Crippen molar-refractivity contribution in [2.45, 2.75) is 13.0 Å². The van der Waals surface area contributed by atoms with Gasteiger partial charge in [-0.1, -0.05) is 0 Å². The number of nitrogens with one attached hydrogen (secondary N) is 1. The van der Waals surface area contributed by atoms with Gasteiger partial charge in [0.05, 0.1) is 6.04 Å². The van der Waals surface area contributed by atoms with E-state index >= 15 is 0 Å². The highest BCUT2D eigenvalue weighted by Crippen LogP contribution is 2.36. The molecule has 1 unspecified atom stereocenters. The van der Waals surface area contributed by atoms with Crippen LogP contribution in [0.15, 0.2) is 36.4 Å². The average molecular weight is 273 g/mol. The van der Waals surface area contributed by atoms with Gasteiger partial charge in [-0.05, 0) is 37.3 Å². The van der Waals surface area contributed by atoms with Crippen molar-refractivity contribution in [2.24, 2.45) is 0 Å². The number of aromatic hydroxyl groups is 2. The Hall–Kier alpha value is -2.56. The number of fused-ring (bicyclic) bond motifs is 1.